The van der Waals surface area contributed by atoms with Crippen LogP contribution in [0.4, 0.5) is 4.39 Å². The number of rotatable bonds is 5. The molecule has 0 atom stereocenters. The zero-order valence-corrected chi connectivity index (χ0v) is 15.9. The van der Waals surface area contributed by atoms with Crippen LogP contribution in [0.2, 0.25) is 5.02 Å². The summed E-state index contributed by atoms with van der Waals surface area (Å²) in [5.41, 5.74) is 0.286. The van der Waals surface area contributed by atoms with Crippen molar-refractivity contribution in [2.45, 2.75) is 50.9 Å². The number of hydrogen-bond acceptors (Lipinski definition) is 2. The van der Waals surface area contributed by atoms with Gasteiger partial charge in [0.25, 0.3) is 0 Å². The largest absolute Gasteiger partial charge is 0.355 e. The highest BCUT2D eigenvalue weighted by Gasteiger charge is 2.41. The van der Waals surface area contributed by atoms with Gasteiger partial charge in [0.1, 0.15) is 5.82 Å². The van der Waals surface area contributed by atoms with E-state index in [2.05, 4.69) is 5.32 Å². The molecule has 6 heteroatoms. The zero-order chi connectivity index (χ0) is 18.7. The predicted octanol–water partition coefficient (Wildman–Crippen LogP) is 3.67. The van der Waals surface area contributed by atoms with Gasteiger partial charge in [-0.05, 0) is 55.4 Å². The molecular weight excluding hydrogens is 355 g/mol. The first-order valence-corrected chi connectivity index (χ1v) is 9.75. The van der Waals surface area contributed by atoms with Crippen molar-refractivity contribution in [3.63, 3.8) is 0 Å². The number of amides is 2. The van der Waals surface area contributed by atoms with Crippen molar-refractivity contribution in [3.05, 3.63) is 34.6 Å². The molecule has 4 nitrogen and oxygen atoms in total. The Morgan fingerprint density at radius 2 is 2.00 bits per heavy atom. The molecule has 0 aromatic heterocycles. The van der Waals surface area contributed by atoms with E-state index in [0.717, 1.165) is 45.2 Å². The lowest BCUT2D eigenvalue weighted by atomic mass is 9.64. The molecule has 2 fully saturated rings. The number of carbonyl (C=O) groups is 2. The standard InChI is InChI=1S/C20H26ClFN2O2/c1-14(25)24-9-5-15(6-10-24)11-19(26)23-13-20(7-2-8-20)17-12-16(21)3-4-18(17)22/h3-4,12,15H,2,5-11,13H2,1H3,(H,23,26). The fraction of sp³-hybridized carbons (Fsp3) is 0.600. The first kappa shape index (κ1) is 19.2. The van der Waals surface area contributed by atoms with E-state index in [9.17, 15) is 14.0 Å². The third-order valence-corrected chi connectivity index (χ3v) is 6.20. The van der Waals surface area contributed by atoms with Crippen LogP contribution >= 0.6 is 11.6 Å². The Morgan fingerprint density at radius 3 is 2.58 bits per heavy atom. The molecule has 1 N–H and O–H groups in total. The van der Waals surface area contributed by atoms with Gasteiger partial charge in [0.15, 0.2) is 0 Å². The van der Waals surface area contributed by atoms with Crippen molar-refractivity contribution in [1.82, 2.24) is 10.2 Å². The second kappa shape index (κ2) is 7.95. The molecule has 1 aromatic carbocycles. The molecule has 1 aliphatic carbocycles. The summed E-state index contributed by atoms with van der Waals surface area (Å²) < 4.78 is 14.3. The minimum atomic E-state index is -0.331. The van der Waals surface area contributed by atoms with E-state index >= 15 is 0 Å². The summed E-state index contributed by atoms with van der Waals surface area (Å²) >= 11 is 6.05. The number of benzene rings is 1. The van der Waals surface area contributed by atoms with Crippen molar-refractivity contribution >= 4 is 23.4 Å². The molecule has 3 rings (SSSR count). The summed E-state index contributed by atoms with van der Waals surface area (Å²) in [5.74, 6) is 0.175. The average Bonchev–Trinajstić information content (AvgIpc) is 2.57. The van der Waals surface area contributed by atoms with Crippen LogP contribution in [0.1, 0.15) is 51.0 Å². The third kappa shape index (κ3) is 4.20. The van der Waals surface area contributed by atoms with Gasteiger partial charge in [0.05, 0.1) is 0 Å². The summed E-state index contributed by atoms with van der Waals surface area (Å²) in [6.45, 7) is 3.49. The maximum absolute atomic E-state index is 14.3. The second-order valence-corrected chi connectivity index (χ2v) is 8.12. The minimum Gasteiger partial charge on any atom is -0.355 e. The molecule has 0 unspecified atom stereocenters. The van der Waals surface area contributed by atoms with Crippen molar-refractivity contribution in [2.75, 3.05) is 19.6 Å². The fourth-order valence-corrected chi connectivity index (χ4v) is 4.28. The second-order valence-electron chi connectivity index (χ2n) is 7.69. The van der Waals surface area contributed by atoms with Crippen LogP contribution in [0.5, 0.6) is 0 Å². The normalized spacial score (nSPS) is 19.7. The van der Waals surface area contributed by atoms with Crippen molar-refractivity contribution in [3.8, 4) is 0 Å². The summed E-state index contributed by atoms with van der Waals surface area (Å²) in [6, 6.07) is 4.65. The highest BCUT2D eigenvalue weighted by molar-refractivity contribution is 6.30. The molecule has 1 heterocycles. The van der Waals surface area contributed by atoms with Crippen LogP contribution in [0.25, 0.3) is 0 Å². The third-order valence-electron chi connectivity index (χ3n) is 5.97. The Morgan fingerprint density at radius 1 is 1.31 bits per heavy atom. The quantitative estimate of drug-likeness (QED) is 0.847. The van der Waals surface area contributed by atoms with Gasteiger partial charge in [-0.1, -0.05) is 18.0 Å². The molecule has 2 aliphatic rings. The Bertz CT molecular complexity index is 682. The van der Waals surface area contributed by atoms with Gasteiger partial charge in [-0.3, -0.25) is 9.59 Å². The number of halogens is 2. The Balaban J connectivity index is 1.53. The van der Waals surface area contributed by atoms with Crippen molar-refractivity contribution in [1.29, 1.82) is 0 Å². The summed E-state index contributed by atoms with van der Waals surface area (Å²) in [4.78, 5) is 25.6. The fourth-order valence-electron chi connectivity index (χ4n) is 4.10. The Kier molecular flexibility index (Phi) is 5.86. The minimum absolute atomic E-state index is 0.0139. The van der Waals surface area contributed by atoms with Crippen molar-refractivity contribution < 1.29 is 14.0 Å². The topological polar surface area (TPSA) is 49.4 Å². The van der Waals surface area contributed by atoms with E-state index in [4.69, 9.17) is 11.6 Å². The molecule has 1 aromatic rings. The molecule has 26 heavy (non-hydrogen) atoms. The number of nitrogens with one attached hydrogen (secondary N) is 1. The van der Waals surface area contributed by atoms with E-state index in [-0.39, 0.29) is 23.0 Å². The number of hydrogen-bond donors (Lipinski definition) is 1. The SMILES string of the molecule is CC(=O)N1CCC(CC(=O)NCC2(c3cc(Cl)ccc3F)CCC2)CC1. The van der Waals surface area contributed by atoms with Gasteiger partial charge in [-0.2, -0.15) is 0 Å². The maximum atomic E-state index is 14.3. The lowest BCUT2D eigenvalue weighted by molar-refractivity contribution is -0.130. The molecule has 2 amide bonds. The van der Waals surface area contributed by atoms with Crippen LogP contribution < -0.4 is 5.32 Å². The van der Waals surface area contributed by atoms with Crippen LogP contribution in [-0.4, -0.2) is 36.3 Å². The molecule has 142 valence electrons. The van der Waals surface area contributed by atoms with E-state index in [0.29, 0.717) is 29.5 Å². The summed E-state index contributed by atoms with van der Waals surface area (Å²) in [6.07, 6.45) is 4.95. The molecule has 1 saturated carbocycles. The van der Waals surface area contributed by atoms with Gasteiger partial charge in [0.2, 0.25) is 11.8 Å². The highest BCUT2D eigenvalue weighted by atomic mass is 35.5. The first-order chi connectivity index (χ1) is 12.4. The smallest absolute Gasteiger partial charge is 0.220 e. The lowest BCUT2D eigenvalue weighted by Gasteiger charge is -2.43. The monoisotopic (exact) mass is 380 g/mol. The Labute approximate surface area is 159 Å². The molecule has 1 saturated heterocycles. The van der Waals surface area contributed by atoms with Crippen LogP contribution in [0.15, 0.2) is 18.2 Å². The maximum Gasteiger partial charge on any atom is 0.220 e. The van der Waals surface area contributed by atoms with Gasteiger partial charge in [0, 0.05) is 43.4 Å². The van der Waals surface area contributed by atoms with Gasteiger partial charge in [-0.15, -0.1) is 0 Å². The number of carbonyl (C=O) groups excluding carboxylic acids is 2. The van der Waals surface area contributed by atoms with Crippen LogP contribution in [0.3, 0.4) is 0 Å². The molecule has 0 bridgehead atoms. The van der Waals surface area contributed by atoms with Gasteiger partial charge >= 0.3 is 0 Å². The van der Waals surface area contributed by atoms with E-state index in [1.165, 1.54) is 6.07 Å². The summed E-state index contributed by atoms with van der Waals surface area (Å²) in [5, 5.41) is 3.55. The average molecular weight is 381 g/mol. The first-order valence-electron chi connectivity index (χ1n) is 9.37. The molecule has 1 aliphatic heterocycles. The lowest BCUT2D eigenvalue weighted by Crippen LogP contribution is -2.46. The summed E-state index contributed by atoms with van der Waals surface area (Å²) in [7, 11) is 0. The number of likely N-dealkylation sites (tertiary alicyclic amines) is 1. The van der Waals surface area contributed by atoms with E-state index < -0.39 is 0 Å². The number of nitrogens with zero attached hydrogens (tertiary/aromatic N) is 1. The van der Waals surface area contributed by atoms with Gasteiger partial charge < -0.3 is 10.2 Å². The number of piperidine rings is 1. The van der Waals surface area contributed by atoms with E-state index in [1.54, 1.807) is 19.1 Å². The van der Waals surface area contributed by atoms with Crippen LogP contribution in [0, 0.1) is 11.7 Å². The zero-order valence-electron chi connectivity index (χ0n) is 15.2. The Hall–Kier alpha value is -1.62. The molecule has 0 spiro atoms. The van der Waals surface area contributed by atoms with E-state index in [1.807, 2.05) is 4.90 Å². The molecule has 0 radical (unpaired) electrons. The van der Waals surface area contributed by atoms with Crippen LogP contribution in [-0.2, 0) is 15.0 Å². The highest BCUT2D eigenvalue weighted by Crippen LogP contribution is 2.45. The van der Waals surface area contributed by atoms with Crippen molar-refractivity contribution in [2.24, 2.45) is 5.92 Å². The molecular formula is C20H26ClFN2O2. The van der Waals surface area contributed by atoms with Gasteiger partial charge in [-0.25, -0.2) is 4.39 Å². The predicted molar refractivity (Wildman–Crippen MR) is 99.5 cm³/mol.